The van der Waals surface area contributed by atoms with Gasteiger partial charge in [0.25, 0.3) is 6.71 Å². The van der Waals surface area contributed by atoms with Crippen LogP contribution in [0, 0.1) is 13.8 Å². The normalized spacial score (nSPS) is 18.9. The molecule has 0 N–H and O–H groups in total. The summed E-state index contributed by atoms with van der Waals surface area (Å²) in [5.74, 6) is 0. The van der Waals surface area contributed by atoms with Gasteiger partial charge in [-0.15, -0.1) is 0 Å². The van der Waals surface area contributed by atoms with Crippen LogP contribution in [-0.4, -0.2) is 6.71 Å². The van der Waals surface area contributed by atoms with E-state index in [-0.39, 0.29) is 44.6 Å². The van der Waals surface area contributed by atoms with Crippen molar-refractivity contribution in [2.75, 3.05) is 9.80 Å². The zero-order chi connectivity index (χ0) is 54.5. The zero-order valence-corrected chi connectivity index (χ0v) is 49.2. The van der Waals surface area contributed by atoms with Crippen LogP contribution in [0.15, 0.2) is 146 Å². The van der Waals surface area contributed by atoms with E-state index < -0.39 is 0 Å². The summed E-state index contributed by atoms with van der Waals surface area (Å²) in [6, 6.07) is 58.2. The molecular formula is C74H79BN2. The highest BCUT2D eigenvalue weighted by molar-refractivity contribution is 7.00. The Morgan fingerprint density at radius 2 is 0.779 bits per heavy atom. The third-order valence-corrected chi connectivity index (χ3v) is 20.3. The number of nitrogens with zero attached hydrogens (tertiary/aromatic N) is 2. The highest BCUT2D eigenvalue weighted by Gasteiger charge is 2.51. The summed E-state index contributed by atoms with van der Waals surface area (Å²) in [6.07, 6.45) is 2.35. The summed E-state index contributed by atoms with van der Waals surface area (Å²) < 4.78 is 0. The van der Waals surface area contributed by atoms with E-state index in [2.05, 4.69) is 273 Å². The van der Waals surface area contributed by atoms with Crippen molar-refractivity contribution in [3.63, 3.8) is 0 Å². The van der Waals surface area contributed by atoms with Gasteiger partial charge in [0.05, 0.1) is 5.69 Å². The maximum atomic E-state index is 2.75. The first kappa shape index (κ1) is 50.0. The maximum Gasteiger partial charge on any atom is 0.252 e. The minimum atomic E-state index is -0.242. The molecule has 0 atom stereocenters. The second kappa shape index (κ2) is 16.0. The Morgan fingerprint density at radius 1 is 0.377 bits per heavy atom. The van der Waals surface area contributed by atoms with Crippen molar-refractivity contribution < 1.29 is 0 Å². The summed E-state index contributed by atoms with van der Waals surface area (Å²) in [4.78, 5) is 5.47. The molecule has 13 rings (SSSR count). The number of benzene rings is 8. The molecule has 8 aromatic carbocycles. The topological polar surface area (TPSA) is 6.48 Å². The van der Waals surface area contributed by atoms with Crippen LogP contribution in [0.25, 0.3) is 11.1 Å². The van der Waals surface area contributed by atoms with Crippen LogP contribution in [-0.2, 0) is 37.9 Å². The van der Waals surface area contributed by atoms with Crippen LogP contribution in [0.1, 0.15) is 189 Å². The Kier molecular flexibility index (Phi) is 10.4. The molecule has 2 heterocycles. The molecule has 5 aliphatic rings. The minimum absolute atomic E-state index is 0.0349. The average molecular weight is 1010 g/mol. The van der Waals surface area contributed by atoms with Crippen molar-refractivity contribution in [2.24, 2.45) is 0 Å². The molecule has 388 valence electrons. The molecule has 77 heavy (non-hydrogen) atoms. The van der Waals surface area contributed by atoms with Crippen LogP contribution in [0.3, 0.4) is 0 Å². The average Bonchev–Trinajstić information content (AvgIpc) is 3.37. The van der Waals surface area contributed by atoms with Gasteiger partial charge in [-0.05, 0) is 180 Å². The van der Waals surface area contributed by atoms with E-state index in [1.165, 1.54) is 140 Å². The Morgan fingerprint density at radius 3 is 1.23 bits per heavy atom. The van der Waals surface area contributed by atoms with Crippen molar-refractivity contribution in [3.05, 3.63) is 218 Å². The van der Waals surface area contributed by atoms with Crippen LogP contribution in [0.2, 0.25) is 0 Å². The fourth-order valence-corrected chi connectivity index (χ4v) is 15.5. The highest BCUT2D eigenvalue weighted by Crippen LogP contribution is 2.57. The Balaban J connectivity index is 1.20. The minimum Gasteiger partial charge on any atom is -0.311 e. The number of hydrogen-bond donors (Lipinski definition) is 0. The molecule has 0 amide bonds. The molecule has 0 unspecified atom stereocenters. The first-order valence-corrected chi connectivity index (χ1v) is 28.8. The molecule has 0 fully saturated rings. The molecule has 0 aromatic heterocycles. The van der Waals surface area contributed by atoms with Crippen LogP contribution in [0.5, 0.6) is 0 Å². The lowest BCUT2D eigenvalue weighted by Crippen LogP contribution is -2.62. The number of anilines is 6. The summed E-state index contributed by atoms with van der Waals surface area (Å²) in [5.41, 5.74) is 31.7. The molecular weight excluding hydrogens is 928 g/mol. The third kappa shape index (κ3) is 6.93. The molecule has 0 bridgehead atoms. The Bertz CT molecular complexity index is 3830. The number of fused-ring (bicyclic) bond motifs is 9. The standard InChI is InChI=1S/C74H79BN2/c1-44-35-65-67-66(36-44)77(62-41-54-53(37-45(62)2)69(6,7)33-34-70(54,8)9)64-43-58-56(72(12,13)50-28-22-24-30-52(50)74(58,16)17)40-60(64)75(67)59-39-55-57(73(14,15)51-29-23-21-27-49(51)71(55,10)11)42-63(59)76(65)61-32-31-47(68(3,4)5)38-48(61)46-25-19-18-20-26-46/h18-32,35-43H,33-34H2,1-17H3. The quantitative estimate of drug-likeness (QED) is 0.163. The third-order valence-electron chi connectivity index (χ3n) is 20.3. The van der Waals surface area contributed by atoms with Crippen molar-refractivity contribution in [2.45, 2.75) is 168 Å². The zero-order valence-electron chi connectivity index (χ0n) is 49.2. The summed E-state index contributed by atoms with van der Waals surface area (Å²) in [5, 5.41) is 0. The predicted octanol–water partition coefficient (Wildman–Crippen LogP) is 17.6. The summed E-state index contributed by atoms with van der Waals surface area (Å²) in [7, 11) is 0. The van der Waals surface area contributed by atoms with Crippen molar-refractivity contribution in [1.82, 2.24) is 0 Å². The maximum absolute atomic E-state index is 2.75. The van der Waals surface area contributed by atoms with Crippen molar-refractivity contribution in [3.8, 4) is 11.1 Å². The molecule has 0 saturated heterocycles. The summed E-state index contributed by atoms with van der Waals surface area (Å²) >= 11 is 0. The van der Waals surface area contributed by atoms with E-state index in [1.54, 1.807) is 0 Å². The van der Waals surface area contributed by atoms with Gasteiger partial charge >= 0.3 is 0 Å². The van der Waals surface area contributed by atoms with Gasteiger partial charge in [-0.3, -0.25) is 0 Å². The van der Waals surface area contributed by atoms with Gasteiger partial charge < -0.3 is 9.80 Å². The number of rotatable bonds is 3. The SMILES string of the molecule is Cc1cc2c3c(c1)N(c1ccc(C(C)(C)C)cc1-c1ccccc1)c1cc4c(cc1B3c1cc3c(cc1N2c1cc2c(cc1C)C(C)(C)CCC2(C)C)C(C)(C)c1ccccc1C3(C)C)C(C)(C)c1ccccc1C4(C)C. The van der Waals surface area contributed by atoms with Crippen molar-refractivity contribution >= 4 is 57.2 Å². The number of hydrogen-bond acceptors (Lipinski definition) is 2. The second-order valence-electron chi connectivity index (χ2n) is 28.6. The Labute approximate surface area is 462 Å². The molecule has 8 aromatic rings. The predicted molar refractivity (Wildman–Crippen MR) is 331 cm³/mol. The van der Waals surface area contributed by atoms with Gasteiger partial charge in [0, 0.05) is 55.7 Å². The van der Waals surface area contributed by atoms with Crippen molar-refractivity contribution in [1.29, 1.82) is 0 Å². The van der Waals surface area contributed by atoms with Gasteiger partial charge in [0.1, 0.15) is 0 Å². The smallest absolute Gasteiger partial charge is 0.252 e. The first-order valence-electron chi connectivity index (χ1n) is 28.8. The van der Waals surface area contributed by atoms with Gasteiger partial charge in [-0.25, -0.2) is 0 Å². The lowest BCUT2D eigenvalue weighted by atomic mass is 9.32. The number of aryl methyl sites for hydroxylation is 2. The lowest BCUT2D eigenvalue weighted by molar-refractivity contribution is 0.332. The van der Waals surface area contributed by atoms with E-state index >= 15 is 0 Å². The van der Waals surface area contributed by atoms with Crippen LogP contribution in [0.4, 0.5) is 34.1 Å². The largest absolute Gasteiger partial charge is 0.311 e. The molecule has 2 nitrogen and oxygen atoms in total. The monoisotopic (exact) mass is 1010 g/mol. The van der Waals surface area contributed by atoms with Gasteiger partial charge in [0.2, 0.25) is 0 Å². The van der Waals surface area contributed by atoms with Crippen LogP contribution >= 0.6 is 0 Å². The lowest BCUT2D eigenvalue weighted by Gasteiger charge is -2.50. The fourth-order valence-electron chi connectivity index (χ4n) is 15.5. The summed E-state index contributed by atoms with van der Waals surface area (Å²) in [6.45, 7) is 41.4. The van der Waals surface area contributed by atoms with E-state index in [4.69, 9.17) is 0 Å². The molecule has 3 aliphatic carbocycles. The molecule has 0 spiro atoms. The van der Waals surface area contributed by atoms with E-state index in [0.717, 1.165) is 6.42 Å². The molecule has 2 aliphatic heterocycles. The fraction of sp³-hybridized carbons (Fsp3) is 0.351. The van der Waals surface area contributed by atoms with Crippen LogP contribution < -0.4 is 26.2 Å². The van der Waals surface area contributed by atoms with E-state index in [9.17, 15) is 0 Å². The van der Waals surface area contributed by atoms with E-state index in [1.807, 2.05) is 0 Å². The molecule has 0 saturated carbocycles. The van der Waals surface area contributed by atoms with Gasteiger partial charge in [-0.1, -0.05) is 207 Å². The van der Waals surface area contributed by atoms with E-state index in [0.29, 0.717) is 0 Å². The second-order valence-corrected chi connectivity index (χ2v) is 28.6. The molecule has 0 radical (unpaired) electrons. The first-order chi connectivity index (χ1) is 36.2. The van der Waals surface area contributed by atoms with Gasteiger partial charge in [0.15, 0.2) is 0 Å². The Hall–Kier alpha value is -6.58. The highest BCUT2D eigenvalue weighted by atomic mass is 15.2. The van der Waals surface area contributed by atoms with Gasteiger partial charge in [-0.2, -0.15) is 0 Å². The molecule has 3 heteroatoms.